The number of ether oxygens (including phenoxy) is 2. The summed E-state index contributed by atoms with van der Waals surface area (Å²) in [5, 5.41) is 9.46. The molecule has 0 amide bonds. The zero-order valence-electron chi connectivity index (χ0n) is 12.9. The molecule has 122 valence electrons. The third-order valence-electron chi connectivity index (χ3n) is 3.53. The predicted molar refractivity (Wildman–Crippen MR) is 84.5 cm³/mol. The van der Waals surface area contributed by atoms with Crippen molar-refractivity contribution in [2.45, 2.75) is 18.8 Å². The summed E-state index contributed by atoms with van der Waals surface area (Å²) in [6, 6.07) is 12.9. The normalized spacial score (nSPS) is 11.7. The third-order valence-corrected chi connectivity index (χ3v) is 3.53. The van der Waals surface area contributed by atoms with E-state index < -0.39 is 11.9 Å². The lowest BCUT2D eigenvalue weighted by molar-refractivity contribution is -0.139. The number of halogens is 1. The summed E-state index contributed by atoms with van der Waals surface area (Å²) in [5.41, 5.74) is 0.657. The molecule has 0 aromatic heterocycles. The van der Waals surface area contributed by atoms with Gasteiger partial charge >= 0.3 is 5.97 Å². The quantitative estimate of drug-likeness (QED) is 0.751. The SMILES string of the molecule is COc1ccccc1C(CCCOc1ccc(F)cc1)C(=O)O. The van der Waals surface area contributed by atoms with Gasteiger partial charge in [0.05, 0.1) is 19.6 Å². The Morgan fingerprint density at radius 1 is 1.17 bits per heavy atom. The van der Waals surface area contributed by atoms with Crippen LogP contribution in [0.5, 0.6) is 11.5 Å². The molecule has 0 aliphatic carbocycles. The van der Waals surface area contributed by atoms with E-state index in [-0.39, 0.29) is 5.82 Å². The van der Waals surface area contributed by atoms with E-state index in [0.29, 0.717) is 36.5 Å². The summed E-state index contributed by atoms with van der Waals surface area (Å²) in [4.78, 5) is 11.5. The second kappa shape index (κ2) is 8.17. The van der Waals surface area contributed by atoms with Crippen molar-refractivity contribution in [3.05, 3.63) is 59.9 Å². The molecule has 0 saturated carbocycles. The van der Waals surface area contributed by atoms with E-state index in [4.69, 9.17) is 9.47 Å². The Balaban J connectivity index is 1.93. The van der Waals surface area contributed by atoms with Gasteiger partial charge in [0.15, 0.2) is 0 Å². The molecule has 0 radical (unpaired) electrons. The predicted octanol–water partition coefficient (Wildman–Crippen LogP) is 3.86. The van der Waals surface area contributed by atoms with E-state index >= 15 is 0 Å². The average Bonchev–Trinajstić information content (AvgIpc) is 2.56. The van der Waals surface area contributed by atoms with Crippen LogP contribution in [-0.4, -0.2) is 24.8 Å². The first kappa shape index (κ1) is 16.8. The molecule has 0 bridgehead atoms. The number of rotatable bonds is 8. The standard InChI is InChI=1S/C18H19FO4/c1-22-17-7-3-2-5-15(17)16(18(20)21)6-4-12-23-14-10-8-13(19)9-11-14/h2-3,5,7-11,16H,4,6,12H2,1H3,(H,20,21). The summed E-state index contributed by atoms with van der Waals surface area (Å²) in [6.07, 6.45) is 0.989. The van der Waals surface area contributed by atoms with Crippen molar-refractivity contribution in [2.24, 2.45) is 0 Å². The van der Waals surface area contributed by atoms with Crippen LogP contribution in [0.3, 0.4) is 0 Å². The van der Waals surface area contributed by atoms with Crippen LogP contribution in [0.1, 0.15) is 24.3 Å². The Hall–Kier alpha value is -2.56. The number of benzene rings is 2. The number of carboxylic acids is 1. The smallest absolute Gasteiger partial charge is 0.311 e. The molecule has 1 atom stereocenters. The minimum absolute atomic E-state index is 0.320. The molecular weight excluding hydrogens is 299 g/mol. The molecular formula is C18H19FO4. The lowest BCUT2D eigenvalue weighted by Crippen LogP contribution is -2.14. The Labute approximate surface area is 134 Å². The van der Waals surface area contributed by atoms with Gasteiger partial charge in [-0.15, -0.1) is 0 Å². The molecule has 0 aliphatic heterocycles. The number of carboxylic acid groups (broad SMARTS) is 1. The monoisotopic (exact) mass is 318 g/mol. The molecule has 2 aromatic rings. The van der Waals surface area contributed by atoms with Gasteiger partial charge in [0.1, 0.15) is 17.3 Å². The summed E-state index contributed by atoms with van der Waals surface area (Å²) in [5.74, 6) is -0.728. The van der Waals surface area contributed by atoms with E-state index in [1.807, 2.05) is 0 Å². The van der Waals surface area contributed by atoms with Gasteiger partial charge < -0.3 is 14.6 Å². The van der Waals surface area contributed by atoms with Gasteiger partial charge in [-0.25, -0.2) is 4.39 Å². The highest BCUT2D eigenvalue weighted by atomic mass is 19.1. The van der Waals surface area contributed by atoms with Crippen LogP contribution in [0.15, 0.2) is 48.5 Å². The molecule has 0 fully saturated rings. The lowest BCUT2D eigenvalue weighted by Gasteiger charge is -2.16. The fourth-order valence-corrected chi connectivity index (χ4v) is 2.37. The lowest BCUT2D eigenvalue weighted by atomic mass is 9.93. The van der Waals surface area contributed by atoms with Crippen LogP contribution < -0.4 is 9.47 Å². The minimum Gasteiger partial charge on any atom is -0.496 e. The van der Waals surface area contributed by atoms with Crippen LogP contribution in [0, 0.1) is 5.82 Å². The van der Waals surface area contributed by atoms with Crippen LogP contribution in [0.4, 0.5) is 4.39 Å². The number of methoxy groups -OCH3 is 1. The Morgan fingerprint density at radius 2 is 1.87 bits per heavy atom. The largest absolute Gasteiger partial charge is 0.496 e. The highest BCUT2D eigenvalue weighted by Crippen LogP contribution is 2.30. The third kappa shape index (κ3) is 4.71. The van der Waals surface area contributed by atoms with Gasteiger partial charge in [0, 0.05) is 5.56 Å². The van der Waals surface area contributed by atoms with Crippen molar-refractivity contribution in [1.29, 1.82) is 0 Å². The first-order valence-electron chi connectivity index (χ1n) is 7.36. The maximum Gasteiger partial charge on any atom is 0.311 e. The van der Waals surface area contributed by atoms with Crippen molar-refractivity contribution >= 4 is 5.97 Å². The number of carbonyl (C=O) groups is 1. The molecule has 0 aliphatic rings. The maximum atomic E-state index is 12.8. The summed E-state index contributed by atoms with van der Waals surface area (Å²) < 4.78 is 23.5. The molecule has 0 heterocycles. The Kier molecular flexibility index (Phi) is 5.97. The van der Waals surface area contributed by atoms with Gasteiger partial charge in [-0.3, -0.25) is 4.79 Å². The second-order valence-electron chi connectivity index (χ2n) is 5.08. The van der Waals surface area contributed by atoms with Gasteiger partial charge in [0.2, 0.25) is 0 Å². The topological polar surface area (TPSA) is 55.8 Å². The first-order valence-corrected chi connectivity index (χ1v) is 7.36. The number of para-hydroxylation sites is 1. The van der Waals surface area contributed by atoms with Gasteiger partial charge in [-0.1, -0.05) is 18.2 Å². The van der Waals surface area contributed by atoms with E-state index in [0.717, 1.165) is 0 Å². The Morgan fingerprint density at radius 3 is 2.52 bits per heavy atom. The summed E-state index contributed by atoms with van der Waals surface area (Å²) >= 11 is 0. The molecule has 2 rings (SSSR count). The van der Waals surface area contributed by atoms with Gasteiger partial charge in [-0.05, 0) is 43.2 Å². The van der Waals surface area contributed by atoms with Crippen molar-refractivity contribution in [3.63, 3.8) is 0 Å². The maximum absolute atomic E-state index is 12.8. The first-order chi connectivity index (χ1) is 11.1. The van der Waals surface area contributed by atoms with Crippen LogP contribution >= 0.6 is 0 Å². The van der Waals surface area contributed by atoms with Gasteiger partial charge in [0.25, 0.3) is 0 Å². The molecule has 4 nitrogen and oxygen atoms in total. The molecule has 1 N–H and O–H groups in total. The van der Waals surface area contributed by atoms with E-state index in [9.17, 15) is 14.3 Å². The zero-order valence-corrected chi connectivity index (χ0v) is 12.9. The van der Waals surface area contributed by atoms with E-state index in [1.165, 1.54) is 19.2 Å². The molecule has 1 unspecified atom stereocenters. The highest BCUT2D eigenvalue weighted by molar-refractivity contribution is 5.77. The molecule has 2 aromatic carbocycles. The van der Waals surface area contributed by atoms with Crippen molar-refractivity contribution < 1.29 is 23.8 Å². The van der Waals surface area contributed by atoms with Crippen LogP contribution in [-0.2, 0) is 4.79 Å². The number of hydrogen-bond donors (Lipinski definition) is 1. The van der Waals surface area contributed by atoms with Crippen molar-refractivity contribution in [3.8, 4) is 11.5 Å². The molecule has 0 spiro atoms. The average molecular weight is 318 g/mol. The van der Waals surface area contributed by atoms with Crippen LogP contribution in [0.2, 0.25) is 0 Å². The zero-order chi connectivity index (χ0) is 16.7. The second-order valence-corrected chi connectivity index (χ2v) is 5.08. The summed E-state index contributed by atoms with van der Waals surface area (Å²) in [7, 11) is 1.52. The van der Waals surface area contributed by atoms with Crippen LogP contribution in [0.25, 0.3) is 0 Å². The van der Waals surface area contributed by atoms with Crippen molar-refractivity contribution in [2.75, 3.05) is 13.7 Å². The molecule has 5 heteroatoms. The molecule has 0 saturated heterocycles. The van der Waals surface area contributed by atoms with E-state index in [2.05, 4.69) is 0 Å². The Bertz CT molecular complexity index is 640. The fraction of sp³-hybridized carbons (Fsp3) is 0.278. The minimum atomic E-state index is -0.892. The number of hydrogen-bond acceptors (Lipinski definition) is 3. The fourth-order valence-electron chi connectivity index (χ4n) is 2.37. The molecule has 23 heavy (non-hydrogen) atoms. The van der Waals surface area contributed by atoms with E-state index in [1.54, 1.807) is 36.4 Å². The highest BCUT2D eigenvalue weighted by Gasteiger charge is 2.22. The summed E-state index contributed by atoms with van der Waals surface area (Å²) in [6.45, 7) is 0.366. The van der Waals surface area contributed by atoms with Gasteiger partial charge in [-0.2, -0.15) is 0 Å². The number of aliphatic carboxylic acids is 1. The van der Waals surface area contributed by atoms with Crippen molar-refractivity contribution in [1.82, 2.24) is 0 Å².